The first-order valence-electron chi connectivity index (χ1n) is 6.38. The van der Waals surface area contributed by atoms with Crippen LogP contribution in [0.3, 0.4) is 0 Å². The summed E-state index contributed by atoms with van der Waals surface area (Å²) >= 11 is 0. The molecule has 1 atom stereocenters. The van der Waals surface area contributed by atoms with Crippen LogP contribution in [0.15, 0.2) is 30.5 Å². The fourth-order valence-corrected chi connectivity index (χ4v) is 2.43. The lowest BCUT2D eigenvalue weighted by Crippen LogP contribution is -2.14. The van der Waals surface area contributed by atoms with Gasteiger partial charge in [0, 0.05) is 18.3 Å². The van der Waals surface area contributed by atoms with Crippen molar-refractivity contribution < 1.29 is 18.3 Å². The van der Waals surface area contributed by atoms with Crippen molar-refractivity contribution in [1.29, 1.82) is 0 Å². The number of fused-ring (bicyclic) bond motifs is 1. The Morgan fingerprint density at radius 3 is 2.50 bits per heavy atom. The van der Waals surface area contributed by atoms with Gasteiger partial charge < -0.3 is 9.67 Å². The third-order valence-electron chi connectivity index (χ3n) is 3.49. The molecule has 1 aliphatic heterocycles. The molecule has 0 saturated heterocycles. The van der Waals surface area contributed by atoms with Gasteiger partial charge in [0.2, 0.25) is 0 Å². The lowest BCUT2D eigenvalue weighted by Gasteiger charge is -2.18. The Labute approximate surface area is 113 Å². The van der Waals surface area contributed by atoms with E-state index in [2.05, 4.69) is 4.98 Å². The Kier molecular flexibility index (Phi) is 3.05. The summed E-state index contributed by atoms with van der Waals surface area (Å²) in [5.41, 5.74) is 0.534. The Morgan fingerprint density at radius 2 is 1.90 bits per heavy atom. The topological polar surface area (TPSA) is 38.0 Å². The Bertz CT molecular complexity index is 616. The van der Waals surface area contributed by atoms with E-state index in [4.69, 9.17) is 0 Å². The molecule has 0 bridgehead atoms. The zero-order chi connectivity index (χ0) is 14.3. The molecule has 0 spiro atoms. The Hall–Kier alpha value is -1.82. The van der Waals surface area contributed by atoms with Gasteiger partial charge in [0.1, 0.15) is 11.9 Å². The summed E-state index contributed by atoms with van der Waals surface area (Å²) in [5, 5.41) is 9.84. The van der Waals surface area contributed by atoms with E-state index in [0.717, 1.165) is 25.1 Å². The van der Waals surface area contributed by atoms with Gasteiger partial charge in [0.15, 0.2) is 0 Å². The normalized spacial score (nSPS) is 18.9. The summed E-state index contributed by atoms with van der Waals surface area (Å²) in [6.45, 7) is 0.778. The van der Waals surface area contributed by atoms with E-state index in [-0.39, 0.29) is 0 Å². The number of benzene rings is 1. The van der Waals surface area contributed by atoms with Crippen LogP contribution < -0.4 is 0 Å². The average Bonchev–Trinajstić information content (AvgIpc) is 2.83. The SMILES string of the molecule is OC1CCCn2cc(-c3ccc(C(F)(F)F)cc3)nc21. The molecule has 0 radical (unpaired) electrons. The van der Waals surface area contributed by atoms with E-state index in [1.165, 1.54) is 12.1 Å². The van der Waals surface area contributed by atoms with Gasteiger partial charge in [-0.05, 0) is 25.0 Å². The van der Waals surface area contributed by atoms with Crippen LogP contribution in [0.1, 0.15) is 30.3 Å². The monoisotopic (exact) mass is 282 g/mol. The fraction of sp³-hybridized carbons (Fsp3) is 0.357. The summed E-state index contributed by atoms with van der Waals surface area (Å²) in [6, 6.07) is 4.90. The first kappa shape index (κ1) is 13.2. The number of hydrogen-bond acceptors (Lipinski definition) is 2. The molecule has 0 amide bonds. The summed E-state index contributed by atoms with van der Waals surface area (Å²) in [5.74, 6) is 0.589. The van der Waals surface area contributed by atoms with E-state index in [1.54, 1.807) is 6.20 Å². The smallest absolute Gasteiger partial charge is 0.385 e. The maximum Gasteiger partial charge on any atom is 0.416 e. The van der Waals surface area contributed by atoms with Crippen molar-refractivity contribution in [3.63, 3.8) is 0 Å². The quantitative estimate of drug-likeness (QED) is 0.870. The molecule has 1 unspecified atom stereocenters. The number of hydrogen-bond donors (Lipinski definition) is 1. The number of halogens is 3. The predicted octanol–water partition coefficient (Wildman–Crippen LogP) is 3.40. The summed E-state index contributed by atoms with van der Waals surface area (Å²) in [6.07, 6.45) is -1.60. The molecule has 6 heteroatoms. The van der Waals surface area contributed by atoms with Crippen LogP contribution in [0.4, 0.5) is 13.2 Å². The molecule has 106 valence electrons. The highest BCUT2D eigenvalue weighted by atomic mass is 19.4. The molecule has 1 aromatic carbocycles. The van der Waals surface area contributed by atoms with Crippen LogP contribution in [-0.2, 0) is 12.7 Å². The maximum atomic E-state index is 12.5. The summed E-state index contributed by atoms with van der Waals surface area (Å²) in [7, 11) is 0. The van der Waals surface area contributed by atoms with Gasteiger partial charge in [-0.2, -0.15) is 13.2 Å². The van der Waals surface area contributed by atoms with Gasteiger partial charge in [-0.15, -0.1) is 0 Å². The second kappa shape index (κ2) is 4.63. The number of aromatic nitrogens is 2. The van der Waals surface area contributed by atoms with E-state index < -0.39 is 17.8 Å². The minimum Gasteiger partial charge on any atom is -0.385 e. The molecule has 0 fully saturated rings. The van der Waals surface area contributed by atoms with Gasteiger partial charge in [-0.25, -0.2) is 4.98 Å². The number of nitrogens with zero attached hydrogens (tertiary/aromatic N) is 2. The van der Waals surface area contributed by atoms with Crippen molar-refractivity contribution in [2.45, 2.75) is 31.7 Å². The number of aryl methyl sites for hydroxylation is 1. The van der Waals surface area contributed by atoms with E-state index in [0.29, 0.717) is 23.5 Å². The summed E-state index contributed by atoms with van der Waals surface area (Å²) in [4.78, 5) is 4.33. The zero-order valence-electron chi connectivity index (χ0n) is 10.6. The molecule has 1 N–H and O–H groups in total. The highest BCUT2D eigenvalue weighted by molar-refractivity contribution is 5.59. The van der Waals surface area contributed by atoms with Gasteiger partial charge in [0.05, 0.1) is 11.3 Å². The van der Waals surface area contributed by atoms with Crippen molar-refractivity contribution in [3.05, 3.63) is 41.9 Å². The van der Waals surface area contributed by atoms with Crippen LogP contribution >= 0.6 is 0 Å². The van der Waals surface area contributed by atoms with E-state index >= 15 is 0 Å². The molecule has 0 saturated carbocycles. The van der Waals surface area contributed by atoms with Crippen molar-refractivity contribution in [3.8, 4) is 11.3 Å². The number of aliphatic hydroxyl groups is 1. The van der Waals surface area contributed by atoms with Crippen LogP contribution in [-0.4, -0.2) is 14.7 Å². The molecule has 1 aromatic heterocycles. The summed E-state index contributed by atoms with van der Waals surface area (Å²) < 4.78 is 39.4. The van der Waals surface area contributed by atoms with Crippen LogP contribution in [0.2, 0.25) is 0 Å². The number of alkyl halides is 3. The van der Waals surface area contributed by atoms with E-state index in [9.17, 15) is 18.3 Å². The first-order chi connectivity index (χ1) is 9.45. The maximum absolute atomic E-state index is 12.5. The lowest BCUT2D eigenvalue weighted by molar-refractivity contribution is -0.137. The molecule has 0 aliphatic carbocycles. The highest BCUT2D eigenvalue weighted by Gasteiger charge is 2.30. The Balaban J connectivity index is 1.94. The van der Waals surface area contributed by atoms with E-state index in [1.807, 2.05) is 4.57 Å². The molecule has 2 heterocycles. The fourth-order valence-electron chi connectivity index (χ4n) is 2.43. The standard InChI is InChI=1S/C14H13F3N2O/c15-14(16,17)10-5-3-9(4-6-10)11-8-19-7-1-2-12(20)13(19)18-11/h3-6,8,12,20H,1-2,7H2. The zero-order valence-corrected chi connectivity index (χ0v) is 10.6. The largest absolute Gasteiger partial charge is 0.416 e. The van der Waals surface area contributed by atoms with Crippen molar-refractivity contribution >= 4 is 0 Å². The van der Waals surface area contributed by atoms with Crippen LogP contribution in [0.25, 0.3) is 11.3 Å². The van der Waals surface area contributed by atoms with Crippen molar-refractivity contribution in [1.82, 2.24) is 9.55 Å². The number of imidazole rings is 1. The second-order valence-electron chi connectivity index (χ2n) is 4.91. The van der Waals surface area contributed by atoms with Gasteiger partial charge in [0.25, 0.3) is 0 Å². The molecule has 3 nitrogen and oxygen atoms in total. The van der Waals surface area contributed by atoms with Gasteiger partial charge in [-0.3, -0.25) is 0 Å². The average molecular weight is 282 g/mol. The predicted molar refractivity (Wildman–Crippen MR) is 66.9 cm³/mol. The first-order valence-corrected chi connectivity index (χ1v) is 6.38. The second-order valence-corrected chi connectivity index (χ2v) is 4.91. The molecular weight excluding hydrogens is 269 g/mol. The van der Waals surface area contributed by atoms with Crippen molar-refractivity contribution in [2.75, 3.05) is 0 Å². The van der Waals surface area contributed by atoms with Crippen LogP contribution in [0.5, 0.6) is 0 Å². The van der Waals surface area contributed by atoms with Crippen molar-refractivity contribution in [2.24, 2.45) is 0 Å². The minimum absolute atomic E-state index is 0.589. The molecular formula is C14H13F3N2O. The Morgan fingerprint density at radius 1 is 1.20 bits per heavy atom. The molecule has 2 aromatic rings. The van der Waals surface area contributed by atoms with Crippen LogP contribution in [0, 0.1) is 0 Å². The molecule has 3 rings (SSSR count). The third kappa shape index (κ3) is 2.31. The number of rotatable bonds is 1. The minimum atomic E-state index is -4.33. The molecule has 20 heavy (non-hydrogen) atoms. The number of aliphatic hydroxyl groups excluding tert-OH is 1. The third-order valence-corrected chi connectivity index (χ3v) is 3.49. The van der Waals surface area contributed by atoms with Gasteiger partial charge in [-0.1, -0.05) is 12.1 Å². The van der Waals surface area contributed by atoms with Gasteiger partial charge >= 0.3 is 6.18 Å². The highest BCUT2D eigenvalue weighted by Crippen LogP contribution is 2.32. The molecule has 1 aliphatic rings. The lowest BCUT2D eigenvalue weighted by atomic mass is 10.1.